The molecule has 8 heteroatoms. The van der Waals surface area contributed by atoms with E-state index < -0.39 is 12.0 Å². The number of aromatic carboxylic acids is 1. The van der Waals surface area contributed by atoms with E-state index in [-0.39, 0.29) is 16.5 Å². The van der Waals surface area contributed by atoms with Gasteiger partial charge < -0.3 is 10.4 Å². The van der Waals surface area contributed by atoms with Crippen LogP contribution in [-0.2, 0) is 4.79 Å². The molecular weight excluding hydrogens is 268 g/mol. The molecule has 0 fully saturated rings. The number of aryl methyl sites for hydroxylation is 1. The van der Waals surface area contributed by atoms with Crippen molar-refractivity contribution in [2.24, 2.45) is 0 Å². The van der Waals surface area contributed by atoms with Crippen molar-refractivity contribution in [2.45, 2.75) is 19.9 Å². The molecule has 0 aliphatic rings. The molecule has 0 radical (unpaired) electrons. The molecule has 1 unspecified atom stereocenters. The van der Waals surface area contributed by atoms with Gasteiger partial charge in [0.1, 0.15) is 16.6 Å². The summed E-state index contributed by atoms with van der Waals surface area (Å²) in [7, 11) is 0. The Morgan fingerprint density at radius 1 is 1.53 bits per heavy atom. The third kappa shape index (κ3) is 2.63. The summed E-state index contributed by atoms with van der Waals surface area (Å²) in [6.07, 6.45) is 3.24. The number of carbonyl (C=O) groups excluding carboxylic acids is 1. The van der Waals surface area contributed by atoms with Gasteiger partial charge in [0.05, 0.1) is 5.69 Å². The zero-order valence-electron chi connectivity index (χ0n) is 10.3. The normalized spacial score (nSPS) is 12.1. The van der Waals surface area contributed by atoms with Crippen molar-refractivity contribution in [3.63, 3.8) is 0 Å². The number of carbonyl (C=O) groups is 2. The molecule has 0 aliphatic heterocycles. The van der Waals surface area contributed by atoms with Crippen molar-refractivity contribution in [1.82, 2.24) is 14.2 Å². The molecule has 7 nitrogen and oxygen atoms in total. The minimum Gasteiger partial charge on any atom is -0.478 e. The van der Waals surface area contributed by atoms with E-state index in [9.17, 15) is 9.59 Å². The van der Waals surface area contributed by atoms with Crippen LogP contribution < -0.4 is 5.32 Å². The Hall–Kier alpha value is -2.22. The minimum atomic E-state index is -1.10. The van der Waals surface area contributed by atoms with E-state index in [4.69, 9.17) is 5.11 Å². The number of aromatic nitrogens is 3. The second-order valence-electron chi connectivity index (χ2n) is 3.93. The third-order valence-corrected chi connectivity index (χ3v) is 3.47. The third-order valence-electron chi connectivity index (χ3n) is 2.61. The fraction of sp³-hybridized carbons (Fsp3) is 0.273. The van der Waals surface area contributed by atoms with Crippen LogP contribution in [0.5, 0.6) is 0 Å². The summed E-state index contributed by atoms with van der Waals surface area (Å²) >= 11 is 0.955. The van der Waals surface area contributed by atoms with Crippen LogP contribution in [0.1, 0.15) is 29.0 Å². The molecule has 1 atom stereocenters. The summed E-state index contributed by atoms with van der Waals surface area (Å²) in [4.78, 5) is 23.1. The van der Waals surface area contributed by atoms with Crippen LogP contribution in [0.25, 0.3) is 0 Å². The summed E-state index contributed by atoms with van der Waals surface area (Å²) in [5.41, 5.74) is 0.422. The topological polar surface area (TPSA) is 97.1 Å². The van der Waals surface area contributed by atoms with Gasteiger partial charge in [-0.2, -0.15) is 9.47 Å². The first-order chi connectivity index (χ1) is 9.00. The first kappa shape index (κ1) is 13.2. The fourth-order valence-electron chi connectivity index (χ4n) is 1.55. The molecule has 100 valence electrons. The van der Waals surface area contributed by atoms with E-state index in [0.29, 0.717) is 5.69 Å². The number of hydrogen-bond acceptors (Lipinski definition) is 5. The lowest BCUT2D eigenvalue weighted by atomic mass is 10.2. The highest BCUT2D eigenvalue weighted by Crippen LogP contribution is 2.25. The molecule has 0 saturated carbocycles. The molecule has 0 saturated heterocycles. The molecule has 0 aliphatic carbocycles. The number of hydrogen-bond donors (Lipinski definition) is 2. The molecule has 1 amide bonds. The van der Waals surface area contributed by atoms with Crippen molar-refractivity contribution in [1.29, 1.82) is 0 Å². The van der Waals surface area contributed by atoms with Gasteiger partial charge in [-0.15, -0.1) is 0 Å². The Morgan fingerprint density at radius 2 is 2.26 bits per heavy atom. The lowest BCUT2D eigenvalue weighted by Gasteiger charge is -2.11. The van der Waals surface area contributed by atoms with Gasteiger partial charge in [0.2, 0.25) is 5.91 Å². The van der Waals surface area contributed by atoms with E-state index in [2.05, 4.69) is 14.8 Å². The molecule has 0 aromatic carbocycles. The van der Waals surface area contributed by atoms with Crippen molar-refractivity contribution in [3.8, 4) is 0 Å². The Balaban J connectivity index is 2.18. The smallest absolute Gasteiger partial charge is 0.340 e. The van der Waals surface area contributed by atoms with Crippen molar-refractivity contribution in [2.75, 3.05) is 5.32 Å². The van der Waals surface area contributed by atoms with E-state index in [1.807, 2.05) is 0 Å². The lowest BCUT2D eigenvalue weighted by molar-refractivity contribution is -0.119. The Bertz CT molecular complexity index is 605. The molecule has 2 heterocycles. The molecule has 0 spiro atoms. The van der Waals surface area contributed by atoms with Gasteiger partial charge in [0.25, 0.3) is 0 Å². The van der Waals surface area contributed by atoms with Crippen LogP contribution in [0.4, 0.5) is 5.00 Å². The van der Waals surface area contributed by atoms with Crippen molar-refractivity contribution >= 4 is 28.4 Å². The van der Waals surface area contributed by atoms with Gasteiger partial charge in [-0.3, -0.25) is 9.48 Å². The first-order valence-corrected chi connectivity index (χ1v) is 6.27. The molecule has 2 N–H and O–H groups in total. The van der Waals surface area contributed by atoms with Crippen LogP contribution in [-0.4, -0.2) is 31.1 Å². The molecular formula is C11H12N4O3S. The Labute approximate surface area is 113 Å². The van der Waals surface area contributed by atoms with Crippen LogP contribution >= 0.6 is 11.5 Å². The largest absolute Gasteiger partial charge is 0.478 e. The maximum absolute atomic E-state index is 12.0. The number of rotatable bonds is 4. The van der Waals surface area contributed by atoms with E-state index in [1.54, 1.807) is 32.3 Å². The molecule has 2 aromatic rings. The number of amides is 1. The highest BCUT2D eigenvalue weighted by Gasteiger charge is 2.22. The molecule has 0 bridgehead atoms. The van der Waals surface area contributed by atoms with Crippen LogP contribution in [0.15, 0.2) is 18.5 Å². The van der Waals surface area contributed by atoms with Gasteiger partial charge in [0, 0.05) is 12.4 Å². The predicted molar refractivity (Wildman–Crippen MR) is 69.4 cm³/mol. The average Bonchev–Trinajstić information content (AvgIpc) is 2.97. The molecule has 2 aromatic heterocycles. The van der Waals surface area contributed by atoms with Gasteiger partial charge in [-0.1, -0.05) is 0 Å². The summed E-state index contributed by atoms with van der Waals surface area (Å²) in [5.74, 6) is -1.44. The van der Waals surface area contributed by atoms with E-state index in [1.165, 1.54) is 4.68 Å². The number of carboxylic acid groups (broad SMARTS) is 1. The predicted octanol–water partition coefficient (Wildman–Crippen LogP) is 1.55. The Kier molecular flexibility index (Phi) is 3.61. The fourth-order valence-corrected chi connectivity index (χ4v) is 2.35. The zero-order chi connectivity index (χ0) is 14.0. The lowest BCUT2D eigenvalue weighted by Crippen LogP contribution is -2.24. The highest BCUT2D eigenvalue weighted by atomic mass is 32.1. The standard InChI is InChI=1S/C11H12N4O3S/c1-6-8(11(17)18)10(19-14-6)13-9(16)7(2)15-5-3-4-12-15/h3-5,7H,1-2H3,(H,13,16)(H,17,18). The number of nitrogens with one attached hydrogen (secondary N) is 1. The first-order valence-electron chi connectivity index (χ1n) is 5.50. The van der Waals surface area contributed by atoms with Crippen LogP contribution in [0, 0.1) is 6.92 Å². The summed E-state index contributed by atoms with van der Waals surface area (Å²) in [5, 5.41) is 15.9. The number of anilines is 1. The van der Waals surface area contributed by atoms with Gasteiger partial charge >= 0.3 is 5.97 Å². The molecule has 19 heavy (non-hydrogen) atoms. The van der Waals surface area contributed by atoms with Crippen LogP contribution in [0.2, 0.25) is 0 Å². The number of carboxylic acids is 1. The average molecular weight is 280 g/mol. The second-order valence-corrected chi connectivity index (χ2v) is 4.70. The SMILES string of the molecule is Cc1nsc(NC(=O)C(C)n2cccn2)c1C(=O)O. The van der Waals surface area contributed by atoms with E-state index in [0.717, 1.165) is 11.5 Å². The maximum Gasteiger partial charge on any atom is 0.340 e. The summed E-state index contributed by atoms with van der Waals surface area (Å²) in [6.45, 7) is 3.27. The Morgan fingerprint density at radius 3 is 2.84 bits per heavy atom. The van der Waals surface area contributed by atoms with Gasteiger partial charge in [0.15, 0.2) is 0 Å². The molecule has 2 rings (SSSR count). The zero-order valence-corrected chi connectivity index (χ0v) is 11.1. The van der Waals surface area contributed by atoms with Crippen molar-refractivity contribution in [3.05, 3.63) is 29.7 Å². The number of nitrogens with zero attached hydrogens (tertiary/aromatic N) is 3. The second kappa shape index (κ2) is 5.19. The van der Waals surface area contributed by atoms with E-state index >= 15 is 0 Å². The quantitative estimate of drug-likeness (QED) is 0.885. The van der Waals surface area contributed by atoms with Crippen LogP contribution in [0.3, 0.4) is 0 Å². The highest BCUT2D eigenvalue weighted by molar-refractivity contribution is 7.11. The van der Waals surface area contributed by atoms with Crippen molar-refractivity contribution < 1.29 is 14.7 Å². The summed E-state index contributed by atoms with van der Waals surface area (Å²) < 4.78 is 5.43. The maximum atomic E-state index is 12.0. The van der Waals surface area contributed by atoms with Gasteiger partial charge in [-0.25, -0.2) is 4.79 Å². The monoisotopic (exact) mass is 280 g/mol. The minimum absolute atomic E-state index is 0.0333. The summed E-state index contributed by atoms with van der Waals surface area (Å²) in [6, 6.07) is 1.18. The van der Waals surface area contributed by atoms with Gasteiger partial charge in [-0.05, 0) is 31.4 Å².